The van der Waals surface area contributed by atoms with Crippen LogP contribution in [-0.2, 0) is 4.74 Å². The zero-order chi connectivity index (χ0) is 25.1. The topological polar surface area (TPSA) is 89.5 Å². The Hall–Kier alpha value is -3.89. The molecule has 2 aromatic heterocycles. The molecule has 1 N–H and O–H groups in total. The Labute approximate surface area is 211 Å². The summed E-state index contributed by atoms with van der Waals surface area (Å²) in [7, 11) is 1.67. The van der Waals surface area contributed by atoms with Gasteiger partial charge in [-0.05, 0) is 50.1 Å². The van der Waals surface area contributed by atoms with Crippen molar-refractivity contribution in [3.63, 3.8) is 0 Å². The van der Waals surface area contributed by atoms with Crippen LogP contribution >= 0.6 is 11.3 Å². The first-order valence-corrected chi connectivity index (χ1v) is 12.3. The zero-order valence-corrected chi connectivity index (χ0v) is 20.6. The number of methoxy groups -OCH3 is 1. The van der Waals surface area contributed by atoms with E-state index in [0.29, 0.717) is 22.1 Å². The number of ether oxygens (including phenoxy) is 2. The summed E-state index contributed by atoms with van der Waals surface area (Å²) < 4.78 is 25.9. The summed E-state index contributed by atoms with van der Waals surface area (Å²) >= 11 is 1.36. The van der Waals surface area contributed by atoms with E-state index in [2.05, 4.69) is 25.4 Å². The molecular formula is C26H24FN5O3S. The molecule has 1 fully saturated rings. The van der Waals surface area contributed by atoms with Crippen molar-refractivity contribution in [3.05, 3.63) is 77.3 Å². The minimum Gasteiger partial charge on any atom is -0.454 e. The number of rotatable bonds is 7. The molecule has 0 aliphatic carbocycles. The van der Waals surface area contributed by atoms with Gasteiger partial charge in [-0.3, -0.25) is 4.79 Å². The Kier molecular flexibility index (Phi) is 6.88. The van der Waals surface area contributed by atoms with E-state index in [1.165, 1.54) is 17.4 Å². The van der Waals surface area contributed by atoms with Gasteiger partial charge in [0.2, 0.25) is 0 Å². The molecule has 0 bridgehead atoms. The van der Waals surface area contributed by atoms with Crippen molar-refractivity contribution in [2.24, 2.45) is 0 Å². The van der Waals surface area contributed by atoms with Crippen LogP contribution in [0.2, 0.25) is 0 Å². The number of amides is 1. The first kappa shape index (κ1) is 23.8. The highest BCUT2D eigenvalue weighted by Crippen LogP contribution is 2.41. The van der Waals surface area contributed by atoms with Crippen LogP contribution in [0.4, 0.5) is 15.8 Å². The lowest BCUT2D eigenvalue weighted by Crippen LogP contribution is -2.32. The van der Waals surface area contributed by atoms with Gasteiger partial charge in [0.15, 0.2) is 11.6 Å². The fourth-order valence-corrected chi connectivity index (χ4v) is 5.05. The van der Waals surface area contributed by atoms with Crippen molar-refractivity contribution in [1.82, 2.24) is 15.2 Å². The fraction of sp³-hybridized carbons (Fsp3) is 0.231. The fourth-order valence-electron chi connectivity index (χ4n) is 4.26. The number of carbonyl (C=O) groups excluding carboxylic acids is 1. The molecule has 0 spiro atoms. The molecule has 8 nitrogen and oxygen atoms in total. The van der Waals surface area contributed by atoms with Gasteiger partial charge in [0.1, 0.15) is 22.7 Å². The number of hydrogen-bond acceptors (Lipinski definition) is 8. The summed E-state index contributed by atoms with van der Waals surface area (Å²) in [5.41, 5.74) is 3.23. The number of halogens is 1. The lowest BCUT2D eigenvalue weighted by atomic mass is 10.1. The Balaban J connectivity index is 1.47. The first-order valence-electron chi connectivity index (χ1n) is 11.4. The van der Waals surface area contributed by atoms with E-state index in [0.717, 1.165) is 36.2 Å². The second-order valence-corrected chi connectivity index (χ2v) is 9.12. The van der Waals surface area contributed by atoms with E-state index in [1.807, 2.05) is 6.92 Å². The van der Waals surface area contributed by atoms with Gasteiger partial charge in [-0.1, -0.05) is 12.1 Å². The Bertz CT molecular complexity index is 1380. The molecule has 4 aromatic rings. The van der Waals surface area contributed by atoms with E-state index in [-0.39, 0.29) is 17.9 Å². The molecule has 1 aliphatic heterocycles. The Morgan fingerprint density at radius 1 is 1.17 bits per heavy atom. The average Bonchev–Trinajstić information content (AvgIpc) is 3.58. The first-order chi connectivity index (χ1) is 17.5. The summed E-state index contributed by atoms with van der Waals surface area (Å²) in [6, 6.07) is 11.6. The number of hydrogen-bond donors (Lipinski definition) is 1. The third-order valence-corrected chi connectivity index (χ3v) is 6.90. The number of nitrogens with zero attached hydrogens (tertiary/aromatic N) is 4. The van der Waals surface area contributed by atoms with Crippen molar-refractivity contribution < 1.29 is 18.7 Å². The standard InChI is InChI=1S/C26H24FN5O3S/c1-16-21(35-22-7-4-3-6-18(22)27)10-9-19(24(16)32-13-5-8-23(32)34-2)30-25(33)20-15-36-26(31-20)17-11-12-28-29-14-17/h3-4,6-7,9-12,14-15,23H,5,8,13H2,1-2H3,(H,30,33)/t23-/m0/s1. The molecule has 1 atom stereocenters. The molecule has 1 saturated heterocycles. The SMILES string of the molecule is CO[C@H]1CCCN1c1c(NC(=O)c2csc(-c3ccnnc3)n2)ccc(Oc2ccccc2F)c1C. The number of aromatic nitrogens is 3. The molecule has 10 heteroatoms. The Morgan fingerprint density at radius 2 is 2.03 bits per heavy atom. The molecule has 5 rings (SSSR count). The highest BCUT2D eigenvalue weighted by atomic mass is 32.1. The van der Waals surface area contributed by atoms with Gasteiger partial charge in [0.05, 0.1) is 23.8 Å². The van der Waals surface area contributed by atoms with Gasteiger partial charge in [-0.15, -0.1) is 11.3 Å². The van der Waals surface area contributed by atoms with Crippen LogP contribution in [0, 0.1) is 12.7 Å². The van der Waals surface area contributed by atoms with Gasteiger partial charge >= 0.3 is 0 Å². The predicted octanol–water partition coefficient (Wildman–Crippen LogP) is 5.66. The molecule has 0 saturated carbocycles. The Morgan fingerprint density at radius 3 is 2.81 bits per heavy atom. The summed E-state index contributed by atoms with van der Waals surface area (Å²) in [5, 5.41) is 13.0. The van der Waals surface area contributed by atoms with Gasteiger partial charge < -0.3 is 19.7 Å². The van der Waals surface area contributed by atoms with Crippen LogP contribution in [-0.4, -0.2) is 41.0 Å². The van der Waals surface area contributed by atoms with Crippen molar-refractivity contribution >= 4 is 28.6 Å². The van der Waals surface area contributed by atoms with Crippen LogP contribution in [0.5, 0.6) is 11.5 Å². The monoisotopic (exact) mass is 505 g/mol. The molecule has 1 amide bonds. The molecule has 1 aliphatic rings. The average molecular weight is 506 g/mol. The molecule has 3 heterocycles. The van der Waals surface area contributed by atoms with Gasteiger partial charge in [0, 0.05) is 30.2 Å². The highest BCUT2D eigenvalue weighted by Gasteiger charge is 2.29. The maximum atomic E-state index is 14.3. The van der Waals surface area contributed by atoms with E-state index in [1.54, 1.807) is 61.3 Å². The molecule has 0 radical (unpaired) electrons. The second kappa shape index (κ2) is 10.4. The van der Waals surface area contributed by atoms with Crippen LogP contribution in [0.25, 0.3) is 10.6 Å². The number of carbonyl (C=O) groups is 1. The van der Waals surface area contributed by atoms with Gasteiger partial charge in [-0.25, -0.2) is 9.37 Å². The maximum absolute atomic E-state index is 14.3. The smallest absolute Gasteiger partial charge is 0.275 e. The van der Waals surface area contributed by atoms with Crippen LogP contribution < -0.4 is 15.0 Å². The van der Waals surface area contributed by atoms with Gasteiger partial charge in [-0.2, -0.15) is 10.2 Å². The number of nitrogens with one attached hydrogen (secondary N) is 1. The van der Waals surface area contributed by atoms with Crippen molar-refractivity contribution in [3.8, 4) is 22.1 Å². The zero-order valence-electron chi connectivity index (χ0n) is 19.8. The summed E-state index contributed by atoms with van der Waals surface area (Å²) in [4.78, 5) is 19.8. The summed E-state index contributed by atoms with van der Waals surface area (Å²) in [6.45, 7) is 2.64. The van der Waals surface area contributed by atoms with Crippen molar-refractivity contribution in [2.45, 2.75) is 26.0 Å². The minimum atomic E-state index is -0.449. The van der Waals surface area contributed by atoms with E-state index in [4.69, 9.17) is 9.47 Å². The molecule has 0 unspecified atom stereocenters. The summed E-state index contributed by atoms with van der Waals surface area (Å²) in [5.74, 6) is -0.156. The number of thiazole rings is 1. The third kappa shape index (κ3) is 4.77. The largest absolute Gasteiger partial charge is 0.454 e. The third-order valence-electron chi connectivity index (χ3n) is 6.01. The molecular weight excluding hydrogens is 481 g/mol. The highest BCUT2D eigenvalue weighted by molar-refractivity contribution is 7.13. The van der Waals surface area contributed by atoms with E-state index >= 15 is 0 Å². The lowest BCUT2D eigenvalue weighted by Gasteiger charge is -2.30. The number of anilines is 2. The van der Waals surface area contributed by atoms with E-state index < -0.39 is 5.82 Å². The lowest BCUT2D eigenvalue weighted by molar-refractivity contribution is 0.102. The molecule has 2 aromatic carbocycles. The number of benzene rings is 2. The molecule has 36 heavy (non-hydrogen) atoms. The van der Waals surface area contributed by atoms with Crippen LogP contribution in [0.3, 0.4) is 0 Å². The van der Waals surface area contributed by atoms with Crippen LogP contribution in [0.1, 0.15) is 28.9 Å². The van der Waals surface area contributed by atoms with Crippen molar-refractivity contribution in [2.75, 3.05) is 23.9 Å². The maximum Gasteiger partial charge on any atom is 0.275 e. The summed E-state index contributed by atoms with van der Waals surface area (Å²) in [6.07, 6.45) is 4.84. The van der Waals surface area contributed by atoms with E-state index in [9.17, 15) is 9.18 Å². The van der Waals surface area contributed by atoms with Crippen molar-refractivity contribution in [1.29, 1.82) is 0 Å². The van der Waals surface area contributed by atoms with Gasteiger partial charge in [0.25, 0.3) is 5.91 Å². The predicted molar refractivity (Wildman–Crippen MR) is 136 cm³/mol. The quantitative estimate of drug-likeness (QED) is 0.346. The van der Waals surface area contributed by atoms with Crippen LogP contribution in [0.15, 0.2) is 60.2 Å². The molecule has 184 valence electrons. The second-order valence-electron chi connectivity index (χ2n) is 8.27. The number of para-hydroxylation sites is 1. The normalized spacial score (nSPS) is 15.2. The minimum absolute atomic E-state index is 0.133.